The highest BCUT2D eigenvalue weighted by Gasteiger charge is 2.25. The Morgan fingerprint density at radius 2 is 2.27 bits per heavy atom. The van der Waals surface area contributed by atoms with Crippen LogP contribution in [0.2, 0.25) is 0 Å². The van der Waals surface area contributed by atoms with Gasteiger partial charge in [0.25, 0.3) is 0 Å². The number of amides is 1. The second kappa shape index (κ2) is 12.0. The predicted molar refractivity (Wildman–Crippen MR) is 98.2 cm³/mol. The van der Waals surface area contributed by atoms with Crippen LogP contribution in [0.25, 0.3) is 0 Å². The van der Waals surface area contributed by atoms with Crippen molar-refractivity contribution in [2.24, 2.45) is 0 Å². The summed E-state index contributed by atoms with van der Waals surface area (Å²) in [5, 5.41) is 3.34. The van der Waals surface area contributed by atoms with Gasteiger partial charge >= 0.3 is 0 Å². The summed E-state index contributed by atoms with van der Waals surface area (Å²) in [6, 6.07) is 6.29. The molecule has 1 unspecified atom stereocenters. The van der Waals surface area contributed by atoms with Gasteiger partial charge in [-0.25, -0.2) is 0 Å². The van der Waals surface area contributed by atoms with E-state index in [-0.39, 0.29) is 30.7 Å². The first-order chi connectivity index (χ1) is 9.81. The average molecular weight is 366 g/mol. The number of pyridine rings is 1. The second-order valence-corrected chi connectivity index (χ2v) is 6.03. The Bertz CT molecular complexity index is 417. The van der Waals surface area contributed by atoms with Gasteiger partial charge < -0.3 is 10.2 Å². The first-order valence-corrected chi connectivity index (χ1v) is 8.44. The van der Waals surface area contributed by atoms with Gasteiger partial charge in [0.1, 0.15) is 0 Å². The van der Waals surface area contributed by atoms with E-state index < -0.39 is 0 Å². The lowest BCUT2D eigenvalue weighted by Crippen LogP contribution is -2.43. The predicted octanol–water partition coefficient (Wildman–Crippen LogP) is 2.76. The van der Waals surface area contributed by atoms with E-state index in [9.17, 15) is 4.79 Å². The van der Waals surface area contributed by atoms with Crippen molar-refractivity contribution >= 4 is 42.5 Å². The van der Waals surface area contributed by atoms with Gasteiger partial charge in [-0.1, -0.05) is 13.0 Å². The molecule has 0 aromatic carbocycles. The van der Waals surface area contributed by atoms with Crippen LogP contribution >= 0.6 is 36.6 Å². The van der Waals surface area contributed by atoms with Crippen molar-refractivity contribution in [2.45, 2.75) is 31.6 Å². The highest BCUT2D eigenvalue weighted by Crippen LogP contribution is 2.14. The molecule has 4 nitrogen and oxygen atoms in total. The molecule has 0 aliphatic carbocycles. The number of halogens is 2. The smallest absolute Gasteiger partial charge is 0.232 e. The fourth-order valence-corrected chi connectivity index (χ4v) is 3.29. The molecule has 0 saturated carbocycles. The second-order valence-electron chi connectivity index (χ2n) is 5.05. The van der Waals surface area contributed by atoms with E-state index in [0.29, 0.717) is 11.8 Å². The van der Waals surface area contributed by atoms with Crippen LogP contribution in [0, 0.1) is 0 Å². The molecule has 1 N–H and O–H groups in total. The molecule has 1 saturated heterocycles. The normalized spacial score (nSPS) is 16.5. The SMILES string of the molecule is CCCN(C(=O)CSCc1ccccn1)C1CCNC1.Cl.Cl. The summed E-state index contributed by atoms with van der Waals surface area (Å²) in [5.74, 6) is 1.61. The van der Waals surface area contributed by atoms with Crippen LogP contribution in [0.5, 0.6) is 0 Å². The van der Waals surface area contributed by atoms with Crippen LogP contribution in [0.3, 0.4) is 0 Å². The molecule has 126 valence electrons. The zero-order valence-corrected chi connectivity index (χ0v) is 15.3. The zero-order valence-electron chi connectivity index (χ0n) is 12.9. The molecule has 0 spiro atoms. The number of carbonyl (C=O) groups is 1. The third kappa shape index (κ3) is 6.73. The topological polar surface area (TPSA) is 45.2 Å². The molecule has 1 aromatic heterocycles. The lowest BCUT2D eigenvalue weighted by atomic mass is 10.2. The van der Waals surface area contributed by atoms with Crippen LogP contribution in [0.4, 0.5) is 0 Å². The summed E-state index contributed by atoms with van der Waals surface area (Å²) >= 11 is 1.65. The Balaban J connectivity index is 0.00000220. The van der Waals surface area contributed by atoms with Crippen LogP contribution < -0.4 is 5.32 Å². The van der Waals surface area contributed by atoms with Crippen molar-refractivity contribution < 1.29 is 4.79 Å². The monoisotopic (exact) mass is 365 g/mol. The molecule has 0 radical (unpaired) electrons. The third-order valence-electron chi connectivity index (χ3n) is 3.46. The van der Waals surface area contributed by atoms with Gasteiger partial charge in [-0.05, 0) is 31.5 Å². The highest BCUT2D eigenvalue weighted by molar-refractivity contribution is 7.99. The molecule has 1 aliphatic heterocycles. The van der Waals surface area contributed by atoms with Crippen LogP contribution in [-0.2, 0) is 10.5 Å². The summed E-state index contributed by atoms with van der Waals surface area (Å²) in [5.41, 5.74) is 1.04. The summed E-state index contributed by atoms with van der Waals surface area (Å²) in [6.07, 6.45) is 3.90. The Morgan fingerprint density at radius 3 is 2.86 bits per heavy atom. The molecule has 2 rings (SSSR count). The van der Waals surface area contributed by atoms with Crippen LogP contribution in [0.1, 0.15) is 25.5 Å². The van der Waals surface area contributed by atoms with Crippen molar-refractivity contribution in [3.05, 3.63) is 30.1 Å². The fraction of sp³-hybridized carbons (Fsp3) is 0.600. The number of nitrogens with zero attached hydrogens (tertiary/aromatic N) is 2. The quantitative estimate of drug-likeness (QED) is 0.806. The van der Waals surface area contributed by atoms with E-state index in [1.54, 1.807) is 18.0 Å². The molecular weight excluding hydrogens is 341 g/mol. The van der Waals surface area contributed by atoms with Crippen molar-refractivity contribution in [1.29, 1.82) is 0 Å². The van der Waals surface area contributed by atoms with Crippen molar-refractivity contribution in [2.75, 3.05) is 25.4 Å². The number of rotatable bonds is 7. The molecule has 1 aliphatic rings. The Labute approximate surface area is 149 Å². The van der Waals surface area contributed by atoms with E-state index in [2.05, 4.69) is 22.1 Å². The molecule has 1 fully saturated rings. The van der Waals surface area contributed by atoms with Gasteiger partial charge in [0.15, 0.2) is 0 Å². The summed E-state index contributed by atoms with van der Waals surface area (Å²) in [4.78, 5) is 18.7. The minimum absolute atomic E-state index is 0. The average Bonchev–Trinajstić information content (AvgIpc) is 2.99. The summed E-state index contributed by atoms with van der Waals surface area (Å²) in [7, 11) is 0. The Hall–Kier alpha value is -0.490. The third-order valence-corrected chi connectivity index (χ3v) is 4.41. The van der Waals surface area contributed by atoms with Crippen molar-refractivity contribution in [1.82, 2.24) is 15.2 Å². The van der Waals surface area contributed by atoms with Crippen LogP contribution in [-0.4, -0.2) is 47.2 Å². The summed E-state index contributed by atoms with van der Waals surface area (Å²) < 4.78 is 0. The van der Waals surface area contributed by atoms with Crippen molar-refractivity contribution in [3.63, 3.8) is 0 Å². The van der Waals surface area contributed by atoms with E-state index in [0.717, 1.165) is 43.9 Å². The molecule has 1 amide bonds. The fourth-order valence-electron chi connectivity index (χ4n) is 2.47. The summed E-state index contributed by atoms with van der Waals surface area (Å²) in [6.45, 7) is 4.97. The van der Waals surface area contributed by atoms with E-state index in [1.807, 2.05) is 18.2 Å². The minimum Gasteiger partial charge on any atom is -0.338 e. The van der Waals surface area contributed by atoms with Gasteiger partial charge in [0, 0.05) is 31.1 Å². The molecule has 1 aromatic rings. The number of aromatic nitrogens is 1. The van der Waals surface area contributed by atoms with E-state index in [4.69, 9.17) is 0 Å². The van der Waals surface area contributed by atoms with Gasteiger partial charge in [-0.15, -0.1) is 36.6 Å². The molecular formula is C15H25Cl2N3OS. The maximum Gasteiger partial charge on any atom is 0.232 e. The number of hydrogen-bond donors (Lipinski definition) is 1. The van der Waals surface area contributed by atoms with Gasteiger partial charge in [-0.2, -0.15) is 0 Å². The largest absolute Gasteiger partial charge is 0.338 e. The molecule has 0 bridgehead atoms. The van der Waals surface area contributed by atoms with Gasteiger partial charge in [0.05, 0.1) is 11.4 Å². The molecule has 1 atom stereocenters. The number of nitrogens with one attached hydrogen (secondary N) is 1. The molecule has 22 heavy (non-hydrogen) atoms. The standard InChI is InChI=1S/C15H23N3OS.2ClH/c1-2-9-18(14-6-8-16-10-14)15(19)12-20-11-13-5-3-4-7-17-13;;/h3-5,7,14,16H,2,6,8-12H2,1H3;2*1H. The lowest BCUT2D eigenvalue weighted by molar-refractivity contribution is -0.130. The Kier molecular flexibility index (Phi) is 11.7. The molecule has 7 heteroatoms. The Morgan fingerprint density at radius 1 is 1.45 bits per heavy atom. The van der Waals surface area contributed by atoms with Crippen molar-refractivity contribution in [3.8, 4) is 0 Å². The first kappa shape index (κ1) is 21.5. The molecule has 2 heterocycles. The highest BCUT2D eigenvalue weighted by atomic mass is 35.5. The van der Waals surface area contributed by atoms with E-state index in [1.165, 1.54) is 0 Å². The maximum atomic E-state index is 12.4. The number of hydrogen-bond acceptors (Lipinski definition) is 4. The number of carbonyl (C=O) groups excluding carboxylic acids is 1. The lowest BCUT2D eigenvalue weighted by Gasteiger charge is -2.28. The zero-order chi connectivity index (χ0) is 14.2. The number of thioether (sulfide) groups is 1. The van der Waals surface area contributed by atoms with Gasteiger partial charge in [0.2, 0.25) is 5.91 Å². The first-order valence-electron chi connectivity index (χ1n) is 7.29. The van der Waals surface area contributed by atoms with E-state index >= 15 is 0 Å². The van der Waals surface area contributed by atoms with Gasteiger partial charge in [-0.3, -0.25) is 9.78 Å². The maximum absolute atomic E-state index is 12.4. The van der Waals surface area contributed by atoms with Crippen LogP contribution in [0.15, 0.2) is 24.4 Å². The minimum atomic E-state index is 0.